The minimum absolute atomic E-state index is 0.0910. The quantitative estimate of drug-likeness (QED) is 0.823. The van der Waals surface area contributed by atoms with Gasteiger partial charge in [0.2, 0.25) is 5.91 Å². The van der Waals surface area contributed by atoms with Crippen LogP contribution in [0.15, 0.2) is 36.4 Å². The Morgan fingerprint density at radius 1 is 1.00 bits per heavy atom. The van der Waals surface area contributed by atoms with Crippen LogP contribution in [0.1, 0.15) is 36.0 Å². The molecule has 1 aromatic carbocycles. The van der Waals surface area contributed by atoms with Gasteiger partial charge in [0.25, 0.3) is 5.91 Å². The van der Waals surface area contributed by atoms with Gasteiger partial charge in [-0.15, -0.1) is 0 Å². The third kappa shape index (κ3) is 3.73. The SMILES string of the molecule is O=C(O)[C@@H]1CC=CC[C@H]1C(=O)Nc1ccccc1C(=O)N1CCCC1. The average Bonchev–Trinajstić information content (AvgIpc) is 3.16. The lowest BCUT2D eigenvalue weighted by Crippen LogP contribution is -2.35. The zero-order chi connectivity index (χ0) is 17.8. The number of carbonyl (C=O) groups is 3. The molecule has 1 aliphatic heterocycles. The van der Waals surface area contributed by atoms with E-state index in [0.29, 0.717) is 24.1 Å². The van der Waals surface area contributed by atoms with Crippen molar-refractivity contribution in [2.24, 2.45) is 11.8 Å². The maximum atomic E-state index is 12.7. The molecule has 1 aromatic rings. The summed E-state index contributed by atoms with van der Waals surface area (Å²) in [4.78, 5) is 38.5. The van der Waals surface area contributed by atoms with Gasteiger partial charge in [-0.25, -0.2) is 0 Å². The number of carbonyl (C=O) groups excluding carboxylic acids is 2. The van der Waals surface area contributed by atoms with Crippen molar-refractivity contribution in [3.05, 3.63) is 42.0 Å². The highest BCUT2D eigenvalue weighted by molar-refractivity contribution is 6.04. The van der Waals surface area contributed by atoms with Gasteiger partial charge < -0.3 is 15.3 Å². The number of benzene rings is 1. The molecule has 0 bridgehead atoms. The Morgan fingerprint density at radius 3 is 2.32 bits per heavy atom. The van der Waals surface area contributed by atoms with Crippen molar-refractivity contribution in [1.82, 2.24) is 4.90 Å². The lowest BCUT2D eigenvalue weighted by Gasteiger charge is -2.25. The van der Waals surface area contributed by atoms with Crippen molar-refractivity contribution in [3.63, 3.8) is 0 Å². The molecule has 132 valence electrons. The Labute approximate surface area is 146 Å². The van der Waals surface area contributed by atoms with Crippen LogP contribution < -0.4 is 5.32 Å². The fourth-order valence-corrected chi connectivity index (χ4v) is 3.47. The van der Waals surface area contributed by atoms with E-state index in [0.717, 1.165) is 25.9 Å². The summed E-state index contributed by atoms with van der Waals surface area (Å²) in [7, 11) is 0. The van der Waals surface area contributed by atoms with Crippen molar-refractivity contribution < 1.29 is 19.5 Å². The number of hydrogen-bond acceptors (Lipinski definition) is 3. The van der Waals surface area contributed by atoms with Crippen molar-refractivity contribution in [3.8, 4) is 0 Å². The van der Waals surface area contributed by atoms with Gasteiger partial charge in [-0.1, -0.05) is 24.3 Å². The molecule has 0 radical (unpaired) electrons. The summed E-state index contributed by atoms with van der Waals surface area (Å²) in [6.45, 7) is 1.46. The lowest BCUT2D eigenvalue weighted by atomic mass is 9.82. The number of para-hydroxylation sites is 1. The molecule has 6 heteroatoms. The predicted octanol–water partition coefficient (Wildman–Crippen LogP) is 2.53. The first-order valence-corrected chi connectivity index (χ1v) is 8.65. The molecule has 25 heavy (non-hydrogen) atoms. The van der Waals surface area contributed by atoms with E-state index in [1.165, 1.54) is 0 Å². The average molecular weight is 342 g/mol. The van der Waals surface area contributed by atoms with Crippen molar-refractivity contribution in [1.29, 1.82) is 0 Å². The number of nitrogens with one attached hydrogen (secondary N) is 1. The Morgan fingerprint density at radius 2 is 1.64 bits per heavy atom. The normalized spacial score (nSPS) is 22.6. The van der Waals surface area contributed by atoms with E-state index in [1.807, 2.05) is 6.08 Å². The number of anilines is 1. The van der Waals surface area contributed by atoms with Crippen LogP contribution in [0.25, 0.3) is 0 Å². The second-order valence-electron chi connectivity index (χ2n) is 6.53. The molecule has 0 saturated carbocycles. The Balaban J connectivity index is 1.78. The molecule has 2 N–H and O–H groups in total. The third-order valence-electron chi connectivity index (χ3n) is 4.89. The van der Waals surface area contributed by atoms with Gasteiger partial charge in [-0.3, -0.25) is 14.4 Å². The molecule has 3 rings (SSSR count). The van der Waals surface area contributed by atoms with Crippen LogP contribution in [-0.4, -0.2) is 40.9 Å². The molecular weight excluding hydrogens is 320 g/mol. The zero-order valence-corrected chi connectivity index (χ0v) is 14.0. The highest BCUT2D eigenvalue weighted by Gasteiger charge is 2.34. The molecule has 1 heterocycles. The molecule has 2 amide bonds. The maximum Gasteiger partial charge on any atom is 0.307 e. The first-order chi connectivity index (χ1) is 12.1. The number of hydrogen-bond donors (Lipinski definition) is 2. The second-order valence-corrected chi connectivity index (χ2v) is 6.53. The summed E-state index contributed by atoms with van der Waals surface area (Å²) in [6, 6.07) is 6.91. The van der Waals surface area contributed by atoms with E-state index in [9.17, 15) is 19.5 Å². The lowest BCUT2D eigenvalue weighted by molar-refractivity contribution is -0.146. The number of carboxylic acid groups (broad SMARTS) is 1. The number of aliphatic carboxylic acids is 1. The highest BCUT2D eigenvalue weighted by Crippen LogP contribution is 2.28. The van der Waals surface area contributed by atoms with Gasteiger partial charge in [-0.05, 0) is 37.8 Å². The molecule has 1 aliphatic carbocycles. The first kappa shape index (κ1) is 17.2. The fraction of sp³-hybridized carbons (Fsp3) is 0.421. The Kier molecular flexibility index (Phi) is 5.16. The predicted molar refractivity (Wildman–Crippen MR) is 93.2 cm³/mol. The molecule has 0 unspecified atom stereocenters. The molecule has 2 aliphatic rings. The number of likely N-dealkylation sites (tertiary alicyclic amines) is 1. The van der Waals surface area contributed by atoms with E-state index in [4.69, 9.17) is 0 Å². The van der Waals surface area contributed by atoms with E-state index in [2.05, 4.69) is 5.32 Å². The number of carboxylic acids is 1. The molecule has 1 saturated heterocycles. The van der Waals surface area contributed by atoms with Gasteiger partial charge in [0.1, 0.15) is 0 Å². The van der Waals surface area contributed by atoms with Gasteiger partial charge >= 0.3 is 5.97 Å². The van der Waals surface area contributed by atoms with E-state index in [-0.39, 0.29) is 11.8 Å². The van der Waals surface area contributed by atoms with Crippen LogP contribution in [0.5, 0.6) is 0 Å². The molecule has 0 aromatic heterocycles. The summed E-state index contributed by atoms with van der Waals surface area (Å²) in [5.74, 6) is -2.76. The van der Waals surface area contributed by atoms with Crippen molar-refractivity contribution >= 4 is 23.5 Å². The number of allylic oxidation sites excluding steroid dienone is 2. The van der Waals surface area contributed by atoms with E-state index < -0.39 is 17.8 Å². The van der Waals surface area contributed by atoms with Crippen LogP contribution in [0, 0.1) is 11.8 Å². The van der Waals surface area contributed by atoms with Gasteiger partial charge in [0.15, 0.2) is 0 Å². The zero-order valence-electron chi connectivity index (χ0n) is 14.0. The minimum atomic E-state index is -0.967. The summed E-state index contributed by atoms with van der Waals surface area (Å²) in [6.07, 6.45) is 6.37. The van der Waals surface area contributed by atoms with Crippen LogP contribution in [-0.2, 0) is 9.59 Å². The van der Waals surface area contributed by atoms with Crippen LogP contribution >= 0.6 is 0 Å². The molecule has 0 spiro atoms. The molecule has 2 atom stereocenters. The fourth-order valence-electron chi connectivity index (χ4n) is 3.47. The smallest absolute Gasteiger partial charge is 0.307 e. The summed E-state index contributed by atoms with van der Waals surface area (Å²) in [5.41, 5.74) is 0.902. The van der Waals surface area contributed by atoms with Crippen LogP contribution in [0.4, 0.5) is 5.69 Å². The van der Waals surface area contributed by atoms with E-state index >= 15 is 0 Å². The summed E-state index contributed by atoms with van der Waals surface area (Å²) < 4.78 is 0. The van der Waals surface area contributed by atoms with Crippen LogP contribution in [0.2, 0.25) is 0 Å². The number of nitrogens with zero attached hydrogens (tertiary/aromatic N) is 1. The third-order valence-corrected chi connectivity index (χ3v) is 4.89. The van der Waals surface area contributed by atoms with E-state index in [1.54, 1.807) is 35.2 Å². The minimum Gasteiger partial charge on any atom is -0.481 e. The maximum absolute atomic E-state index is 12.7. The Bertz CT molecular complexity index is 707. The largest absolute Gasteiger partial charge is 0.481 e. The van der Waals surface area contributed by atoms with Crippen molar-refractivity contribution in [2.45, 2.75) is 25.7 Å². The highest BCUT2D eigenvalue weighted by atomic mass is 16.4. The number of rotatable bonds is 4. The molecule has 1 fully saturated rings. The van der Waals surface area contributed by atoms with Gasteiger partial charge in [-0.2, -0.15) is 0 Å². The summed E-state index contributed by atoms with van der Waals surface area (Å²) >= 11 is 0. The van der Waals surface area contributed by atoms with Gasteiger partial charge in [0, 0.05) is 13.1 Å². The standard InChI is InChI=1S/C19H22N2O4/c22-17(13-7-1-2-8-14(13)19(24)25)20-16-10-4-3-9-15(16)18(23)21-11-5-6-12-21/h1-4,9-10,13-14H,5-8,11-12H2,(H,20,22)(H,24,25)/t13-,14-/m1/s1. The molecular formula is C19H22N2O4. The summed E-state index contributed by atoms with van der Waals surface area (Å²) in [5, 5.41) is 12.1. The van der Waals surface area contributed by atoms with Crippen LogP contribution in [0.3, 0.4) is 0 Å². The van der Waals surface area contributed by atoms with Gasteiger partial charge in [0.05, 0.1) is 23.1 Å². The number of amides is 2. The van der Waals surface area contributed by atoms with Crippen molar-refractivity contribution in [2.75, 3.05) is 18.4 Å². The molecule has 6 nitrogen and oxygen atoms in total. The Hall–Kier alpha value is -2.63. The topological polar surface area (TPSA) is 86.7 Å². The second kappa shape index (κ2) is 7.51. The monoisotopic (exact) mass is 342 g/mol. The first-order valence-electron chi connectivity index (χ1n) is 8.65.